The van der Waals surface area contributed by atoms with E-state index in [1.807, 2.05) is 52.8 Å². The molecule has 1 N–H and O–H groups in total. The van der Waals surface area contributed by atoms with E-state index in [-0.39, 0.29) is 19.1 Å². The lowest BCUT2D eigenvalue weighted by atomic mass is 9.96. The molecule has 1 aliphatic rings. The molecule has 34 heavy (non-hydrogen) atoms. The Morgan fingerprint density at radius 3 is 2.59 bits per heavy atom. The van der Waals surface area contributed by atoms with Crippen LogP contribution in [0.4, 0.5) is 4.79 Å². The molecular weight excluding hydrogens is 458 g/mol. The van der Waals surface area contributed by atoms with Gasteiger partial charge in [-0.05, 0) is 52.8 Å². The number of hydrogen-bond acceptors (Lipinski definition) is 6. The van der Waals surface area contributed by atoms with Crippen molar-refractivity contribution in [1.29, 1.82) is 0 Å². The molecule has 0 radical (unpaired) electrons. The van der Waals surface area contributed by atoms with E-state index in [4.69, 9.17) is 25.6 Å². The van der Waals surface area contributed by atoms with Crippen molar-refractivity contribution in [2.24, 2.45) is 0 Å². The Morgan fingerprint density at radius 2 is 1.85 bits per heavy atom. The summed E-state index contributed by atoms with van der Waals surface area (Å²) in [7, 11) is 0. The highest BCUT2D eigenvalue weighted by Crippen LogP contribution is 2.33. The lowest BCUT2D eigenvalue weighted by molar-refractivity contribution is 0.0225. The summed E-state index contributed by atoms with van der Waals surface area (Å²) in [6.45, 7) is 10.0. The number of nitrogens with zero attached hydrogens (tertiary/aromatic N) is 2. The quantitative estimate of drug-likeness (QED) is 0.542. The summed E-state index contributed by atoms with van der Waals surface area (Å²) in [5, 5.41) is 8.39. The van der Waals surface area contributed by atoms with Crippen molar-refractivity contribution in [3.8, 4) is 5.75 Å². The van der Waals surface area contributed by atoms with Crippen LogP contribution in [0.3, 0.4) is 0 Å². The third kappa shape index (κ3) is 4.82. The van der Waals surface area contributed by atoms with E-state index in [9.17, 15) is 9.59 Å². The Kier molecular flexibility index (Phi) is 6.20. The third-order valence-corrected chi connectivity index (χ3v) is 5.73. The average molecular weight is 486 g/mol. The minimum Gasteiger partial charge on any atom is -0.491 e. The Bertz CT molecular complexity index is 1250. The molecule has 0 atom stereocenters. The SMILES string of the molecule is CC(C)(C)OC(=O)N1CCOc2c(cccc2C(=O)NC(C)(C)c2noc3c(Cl)cccc23)C1. The Morgan fingerprint density at radius 1 is 1.12 bits per heavy atom. The highest BCUT2D eigenvalue weighted by atomic mass is 35.5. The van der Waals surface area contributed by atoms with Gasteiger partial charge in [0.05, 0.1) is 29.2 Å². The van der Waals surface area contributed by atoms with Crippen molar-refractivity contribution < 1.29 is 23.6 Å². The predicted molar refractivity (Wildman–Crippen MR) is 128 cm³/mol. The van der Waals surface area contributed by atoms with Gasteiger partial charge in [0.25, 0.3) is 5.91 Å². The monoisotopic (exact) mass is 485 g/mol. The molecule has 0 saturated heterocycles. The number of rotatable bonds is 3. The number of amides is 2. The van der Waals surface area contributed by atoms with Gasteiger partial charge in [-0.15, -0.1) is 0 Å². The normalized spacial score (nSPS) is 14.2. The highest BCUT2D eigenvalue weighted by molar-refractivity contribution is 6.34. The van der Waals surface area contributed by atoms with Gasteiger partial charge in [-0.2, -0.15) is 0 Å². The number of nitrogens with one attached hydrogen (secondary N) is 1. The Balaban J connectivity index is 1.58. The number of benzene rings is 2. The Hall–Kier alpha value is -3.26. The fourth-order valence-corrected chi connectivity index (χ4v) is 4.08. The second-order valence-corrected chi connectivity index (χ2v) is 10.2. The molecule has 180 valence electrons. The van der Waals surface area contributed by atoms with Gasteiger partial charge in [-0.1, -0.05) is 35.0 Å². The van der Waals surface area contributed by atoms with Crippen LogP contribution >= 0.6 is 11.6 Å². The van der Waals surface area contributed by atoms with Crippen molar-refractivity contribution in [1.82, 2.24) is 15.4 Å². The maximum atomic E-state index is 13.4. The number of ether oxygens (including phenoxy) is 2. The first-order valence-electron chi connectivity index (χ1n) is 11.1. The van der Waals surface area contributed by atoms with Gasteiger partial charge in [-0.3, -0.25) is 4.79 Å². The zero-order valence-corrected chi connectivity index (χ0v) is 20.7. The van der Waals surface area contributed by atoms with Gasteiger partial charge in [0.1, 0.15) is 23.7 Å². The molecule has 1 aliphatic heterocycles. The van der Waals surface area contributed by atoms with Crippen LogP contribution in [0.15, 0.2) is 40.9 Å². The van der Waals surface area contributed by atoms with E-state index in [0.717, 1.165) is 10.9 Å². The van der Waals surface area contributed by atoms with Crippen molar-refractivity contribution in [2.75, 3.05) is 13.2 Å². The number of para-hydroxylation sites is 2. The smallest absolute Gasteiger partial charge is 0.410 e. The number of carbonyl (C=O) groups excluding carboxylic acids is 2. The van der Waals surface area contributed by atoms with Crippen LogP contribution < -0.4 is 10.1 Å². The van der Waals surface area contributed by atoms with Crippen LogP contribution in [0.5, 0.6) is 5.75 Å². The molecule has 8 nitrogen and oxygen atoms in total. The molecule has 0 saturated carbocycles. The first-order chi connectivity index (χ1) is 16.0. The number of hydrogen-bond donors (Lipinski definition) is 1. The fourth-order valence-electron chi connectivity index (χ4n) is 3.87. The van der Waals surface area contributed by atoms with Gasteiger partial charge < -0.3 is 24.2 Å². The maximum absolute atomic E-state index is 13.4. The first kappa shape index (κ1) is 23.9. The van der Waals surface area contributed by atoms with Crippen molar-refractivity contribution >= 4 is 34.6 Å². The van der Waals surface area contributed by atoms with Crippen LogP contribution in [0, 0.1) is 0 Å². The molecule has 0 bridgehead atoms. The second kappa shape index (κ2) is 8.83. The zero-order valence-electron chi connectivity index (χ0n) is 19.9. The lowest BCUT2D eigenvalue weighted by Gasteiger charge is -2.26. The molecular formula is C25H28ClN3O5. The van der Waals surface area contributed by atoms with Gasteiger partial charge in [0.2, 0.25) is 0 Å². The minimum absolute atomic E-state index is 0.242. The number of aromatic nitrogens is 1. The molecule has 0 fully saturated rings. The molecule has 3 aromatic rings. The maximum Gasteiger partial charge on any atom is 0.410 e. The van der Waals surface area contributed by atoms with Crippen LogP contribution in [0.25, 0.3) is 11.0 Å². The topological polar surface area (TPSA) is 93.9 Å². The van der Waals surface area contributed by atoms with E-state index in [2.05, 4.69) is 10.5 Å². The van der Waals surface area contributed by atoms with E-state index in [0.29, 0.717) is 34.2 Å². The summed E-state index contributed by atoms with van der Waals surface area (Å²) in [4.78, 5) is 27.5. The molecule has 0 aliphatic carbocycles. The predicted octanol–water partition coefficient (Wildman–Crippen LogP) is 5.28. The van der Waals surface area contributed by atoms with Crippen LogP contribution in [-0.2, 0) is 16.8 Å². The van der Waals surface area contributed by atoms with E-state index in [1.54, 1.807) is 23.1 Å². The van der Waals surface area contributed by atoms with E-state index in [1.165, 1.54) is 0 Å². The molecule has 9 heteroatoms. The van der Waals surface area contributed by atoms with Crippen molar-refractivity contribution in [3.63, 3.8) is 0 Å². The molecule has 1 aromatic heterocycles. The summed E-state index contributed by atoms with van der Waals surface area (Å²) in [5.41, 5.74) is 0.687. The summed E-state index contributed by atoms with van der Waals surface area (Å²) < 4.78 is 16.9. The molecule has 2 aromatic carbocycles. The molecule has 2 amide bonds. The zero-order chi connectivity index (χ0) is 24.7. The minimum atomic E-state index is -0.858. The fraction of sp³-hybridized carbons (Fsp3) is 0.400. The number of carbonyl (C=O) groups is 2. The van der Waals surface area contributed by atoms with Gasteiger partial charge >= 0.3 is 6.09 Å². The number of halogens is 1. The molecule has 0 unspecified atom stereocenters. The largest absolute Gasteiger partial charge is 0.491 e. The van der Waals surface area contributed by atoms with Crippen LogP contribution in [0.2, 0.25) is 5.02 Å². The van der Waals surface area contributed by atoms with Crippen molar-refractivity contribution in [3.05, 3.63) is 58.2 Å². The summed E-state index contributed by atoms with van der Waals surface area (Å²) in [6.07, 6.45) is -0.420. The van der Waals surface area contributed by atoms with Gasteiger partial charge in [-0.25, -0.2) is 4.79 Å². The van der Waals surface area contributed by atoms with E-state index >= 15 is 0 Å². The van der Waals surface area contributed by atoms with Crippen LogP contribution in [0.1, 0.15) is 56.2 Å². The van der Waals surface area contributed by atoms with Gasteiger partial charge in [0, 0.05) is 10.9 Å². The molecule has 4 rings (SSSR count). The van der Waals surface area contributed by atoms with Crippen LogP contribution in [-0.4, -0.2) is 40.8 Å². The van der Waals surface area contributed by atoms with Crippen molar-refractivity contribution in [2.45, 2.75) is 52.3 Å². The highest BCUT2D eigenvalue weighted by Gasteiger charge is 2.32. The summed E-state index contributed by atoms with van der Waals surface area (Å²) in [5.74, 6) is 0.126. The first-order valence-corrected chi connectivity index (χ1v) is 11.4. The van der Waals surface area contributed by atoms with E-state index < -0.39 is 17.2 Å². The molecule has 2 heterocycles. The molecule has 0 spiro atoms. The standard InChI is InChI=1S/C25H28ClN3O5/c1-24(2,3)33-23(31)29-12-13-32-19-15(14-29)8-6-10-17(19)22(30)27-25(4,5)21-16-9-7-11-18(26)20(16)34-28-21/h6-11H,12-14H2,1-5H3,(H,27,30). The lowest BCUT2D eigenvalue weighted by Crippen LogP contribution is -2.41. The summed E-state index contributed by atoms with van der Waals surface area (Å²) >= 11 is 6.21. The second-order valence-electron chi connectivity index (χ2n) is 9.77. The Labute approximate surface area is 203 Å². The number of fused-ring (bicyclic) bond motifs is 2. The third-order valence-electron chi connectivity index (χ3n) is 5.43. The summed E-state index contributed by atoms with van der Waals surface area (Å²) in [6, 6.07) is 10.7. The average Bonchev–Trinajstić information content (AvgIpc) is 3.07. The van der Waals surface area contributed by atoms with Gasteiger partial charge in [0.15, 0.2) is 5.58 Å².